The first-order valence-electron chi connectivity index (χ1n) is 9.30. The number of carbonyl (C=O) groups is 2. The molecule has 1 aliphatic carbocycles. The summed E-state index contributed by atoms with van der Waals surface area (Å²) in [7, 11) is 1.61. The van der Waals surface area contributed by atoms with Crippen LogP contribution in [0, 0.1) is 0 Å². The molecule has 1 aromatic heterocycles. The SMILES string of the molecule is COc1ccc(-c2nc(C(=O)O[C@@H](C(=O)NC3CC3)c3ccccc3)cs2)cc1. The van der Waals surface area contributed by atoms with Crippen molar-refractivity contribution in [3.8, 4) is 16.3 Å². The molecule has 0 bridgehead atoms. The van der Waals surface area contributed by atoms with Crippen molar-refractivity contribution < 1.29 is 19.1 Å². The number of ether oxygens (including phenoxy) is 2. The van der Waals surface area contributed by atoms with Crippen LogP contribution in [-0.4, -0.2) is 30.0 Å². The first-order chi connectivity index (χ1) is 14.1. The van der Waals surface area contributed by atoms with Gasteiger partial charge >= 0.3 is 5.97 Å². The minimum absolute atomic E-state index is 0.174. The molecule has 0 saturated heterocycles. The van der Waals surface area contributed by atoms with Crippen molar-refractivity contribution in [1.82, 2.24) is 10.3 Å². The summed E-state index contributed by atoms with van der Waals surface area (Å²) in [5, 5.41) is 5.24. The Labute approximate surface area is 172 Å². The molecule has 7 heteroatoms. The van der Waals surface area contributed by atoms with Gasteiger partial charge in [0, 0.05) is 22.5 Å². The van der Waals surface area contributed by atoms with Crippen molar-refractivity contribution in [2.45, 2.75) is 25.0 Å². The van der Waals surface area contributed by atoms with E-state index in [-0.39, 0.29) is 17.6 Å². The van der Waals surface area contributed by atoms with Gasteiger partial charge in [0.2, 0.25) is 6.10 Å². The second-order valence-electron chi connectivity index (χ2n) is 6.75. The molecular formula is C22H20N2O4S. The van der Waals surface area contributed by atoms with Crippen molar-refractivity contribution in [3.63, 3.8) is 0 Å². The number of rotatable bonds is 7. The van der Waals surface area contributed by atoms with Gasteiger partial charge in [-0.15, -0.1) is 11.3 Å². The molecule has 1 fully saturated rings. The highest BCUT2D eigenvalue weighted by Crippen LogP contribution is 2.28. The van der Waals surface area contributed by atoms with Crippen molar-refractivity contribution in [2.75, 3.05) is 7.11 Å². The predicted octanol–water partition coefficient (Wildman–Crippen LogP) is 4.00. The van der Waals surface area contributed by atoms with Crippen molar-refractivity contribution in [1.29, 1.82) is 0 Å². The van der Waals surface area contributed by atoms with Gasteiger partial charge in [0.05, 0.1) is 7.11 Å². The van der Waals surface area contributed by atoms with Crippen LogP contribution in [0.15, 0.2) is 60.0 Å². The van der Waals surface area contributed by atoms with E-state index in [9.17, 15) is 9.59 Å². The molecule has 2 aromatic carbocycles. The van der Waals surface area contributed by atoms with Gasteiger partial charge in [0.15, 0.2) is 5.69 Å². The summed E-state index contributed by atoms with van der Waals surface area (Å²) >= 11 is 1.34. The molecule has 1 saturated carbocycles. The molecule has 4 rings (SSSR count). The number of thiazole rings is 1. The van der Waals surface area contributed by atoms with E-state index in [0.717, 1.165) is 24.2 Å². The zero-order chi connectivity index (χ0) is 20.2. The van der Waals surface area contributed by atoms with Gasteiger partial charge in [-0.2, -0.15) is 0 Å². The summed E-state index contributed by atoms with van der Waals surface area (Å²) in [6.45, 7) is 0. The van der Waals surface area contributed by atoms with Crippen LogP contribution in [0.25, 0.3) is 10.6 Å². The van der Waals surface area contributed by atoms with Crippen molar-refractivity contribution in [3.05, 3.63) is 71.2 Å². The predicted molar refractivity (Wildman–Crippen MR) is 110 cm³/mol. The minimum Gasteiger partial charge on any atom is -0.497 e. The van der Waals surface area contributed by atoms with Crippen LogP contribution in [-0.2, 0) is 9.53 Å². The number of methoxy groups -OCH3 is 1. The maximum atomic E-state index is 12.7. The van der Waals surface area contributed by atoms with E-state index in [4.69, 9.17) is 9.47 Å². The molecule has 0 spiro atoms. The Bertz CT molecular complexity index is 997. The van der Waals surface area contributed by atoms with Crippen LogP contribution in [0.2, 0.25) is 0 Å². The molecular weight excluding hydrogens is 388 g/mol. The smallest absolute Gasteiger partial charge is 0.358 e. The van der Waals surface area contributed by atoms with E-state index >= 15 is 0 Å². The zero-order valence-corrected chi connectivity index (χ0v) is 16.6. The molecule has 1 N–H and O–H groups in total. The van der Waals surface area contributed by atoms with Gasteiger partial charge in [-0.25, -0.2) is 9.78 Å². The maximum Gasteiger partial charge on any atom is 0.358 e. The third-order valence-electron chi connectivity index (χ3n) is 4.54. The molecule has 0 unspecified atom stereocenters. The summed E-state index contributed by atoms with van der Waals surface area (Å²) in [6.07, 6.45) is 0.909. The monoisotopic (exact) mass is 408 g/mol. The molecule has 0 radical (unpaired) electrons. The Morgan fingerprint density at radius 3 is 2.48 bits per heavy atom. The van der Waals surface area contributed by atoms with Crippen LogP contribution in [0.4, 0.5) is 0 Å². The van der Waals surface area contributed by atoms with E-state index in [0.29, 0.717) is 10.6 Å². The Morgan fingerprint density at radius 2 is 1.83 bits per heavy atom. The molecule has 0 aliphatic heterocycles. The lowest BCUT2D eigenvalue weighted by molar-refractivity contribution is -0.130. The topological polar surface area (TPSA) is 77.5 Å². The number of esters is 1. The molecule has 1 heterocycles. The number of nitrogens with one attached hydrogen (secondary N) is 1. The standard InChI is InChI=1S/C22H20N2O4S/c1-27-17-11-7-15(8-12-17)21-24-18(13-29-21)22(26)28-19(14-5-3-2-4-6-14)20(25)23-16-9-10-16/h2-8,11-13,16,19H,9-10H2,1H3,(H,23,25)/t19-/m1/s1. The molecule has 29 heavy (non-hydrogen) atoms. The van der Waals surface area contributed by atoms with Crippen LogP contribution in [0.5, 0.6) is 5.75 Å². The van der Waals surface area contributed by atoms with E-state index in [2.05, 4.69) is 10.3 Å². The molecule has 6 nitrogen and oxygen atoms in total. The van der Waals surface area contributed by atoms with Gasteiger partial charge in [-0.1, -0.05) is 30.3 Å². The Hall–Kier alpha value is -3.19. The molecule has 1 amide bonds. The highest BCUT2D eigenvalue weighted by molar-refractivity contribution is 7.13. The van der Waals surface area contributed by atoms with Crippen LogP contribution < -0.4 is 10.1 Å². The highest BCUT2D eigenvalue weighted by atomic mass is 32.1. The van der Waals surface area contributed by atoms with E-state index in [1.807, 2.05) is 42.5 Å². The summed E-state index contributed by atoms with van der Waals surface area (Å²) in [6, 6.07) is 16.6. The lowest BCUT2D eigenvalue weighted by Gasteiger charge is -2.17. The number of hydrogen-bond donors (Lipinski definition) is 1. The highest BCUT2D eigenvalue weighted by Gasteiger charge is 2.31. The zero-order valence-electron chi connectivity index (χ0n) is 15.8. The van der Waals surface area contributed by atoms with Crippen LogP contribution >= 0.6 is 11.3 Å². The lowest BCUT2D eigenvalue weighted by atomic mass is 10.1. The first kappa shape index (κ1) is 19.1. The summed E-state index contributed by atoms with van der Waals surface area (Å²) in [4.78, 5) is 29.7. The fraction of sp³-hybridized carbons (Fsp3) is 0.227. The minimum atomic E-state index is -1.00. The van der Waals surface area contributed by atoms with Gasteiger partial charge in [0.1, 0.15) is 10.8 Å². The van der Waals surface area contributed by atoms with Gasteiger partial charge < -0.3 is 14.8 Å². The number of hydrogen-bond acceptors (Lipinski definition) is 6. The fourth-order valence-corrected chi connectivity index (χ4v) is 3.60. The summed E-state index contributed by atoms with van der Waals surface area (Å²) < 4.78 is 10.7. The van der Waals surface area contributed by atoms with Gasteiger partial charge in [-0.05, 0) is 37.1 Å². The van der Waals surface area contributed by atoms with E-state index < -0.39 is 12.1 Å². The summed E-state index contributed by atoms with van der Waals surface area (Å²) in [5.74, 6) is -0.184. The third kappa shape index (κ3) is 4.63. The van der Waals surface area contributed by atoms with Crippen LogP contribution in [0.1, 0.15) is 35.0 Å². The number of amides is 1. The van der Waals surface area contributed by atoms with Gasteiger partial charge in [0.25, 0.3) is 5.91 Å². The number of benzene rings is 2. The number of aromatic nitrogens is 1. The quantitative estimate of drug-likeness (QED) is 0.598. The van der Waals surface area contributed by atoms with E-state index in [1.54, 1.807) is 24.6 Å². The van der Waals surface area contributed by atoms with Crippen LogP contribution in [0.3, 0.4) is 0 Å². The normalized spacial score (nSPS) is 14.1. The average Bonchev–Trinajstić information content (AvgIpc) is 3.43. The Kier molecular flexibility index (Phi) is 5.57. The molecule has 3 aromatic rings. The number of nitrogens with zero attached hydrogens (tertiary/aromatic N) is 1. The molecule has 148 valence electrons. The maximum absolute atomic E-state index is 12.7. The summed E-state index contributed by atoms with van der Waals surface area (Å²) in [5.41, 5.74) is 1.69. The van der Waals surface area contributed by atoms with Crippen molar-refractivity contribution >= 4 is 23.2 Å². The first-order valence-corrected chi connectivity index (χ1v) is 10.2. The largest absolute Gasteiger partial charge is 0.497 e. The molecule has 1 aliphatic rings. The Balaban J connectivity index is 1.51. The third-order valence-corrected chi connectivity index (χ3v) is 5.43. The fourth-order valence-electron chi connectivity index (χ4n) is 2.81. The average molecular weight is 408 g/mol. The molecule has 1 atom stereocenters. The van der Waals surface area contributed by atoms with Crippen molar-refractivity contribution in [2.24, 2.45) is 0 Å². The second-order valence-corrected chi connectivity index (χ2v) is 7.60. The van der Waals surface area contributed by atoms with Gasteiger partial charge in [-0.3, -0.25) is 4.79 Å². The Morgan fingerprint density at radius 1 is 1.10 bits per heavy atom. The number of carbonyl (C=O) groups excluding carboxylic acids is 2. The lowest BCUT2D eigenvalue weighted by Crippen LogP contribution is -2.33. The second kappa shape index (κ2) is 8.45. The van der Waals surface area contributed by atoms with E-state index in [1.165, 1.54) is 11.3 Å².